The maximum absolute atomic E-state index is 4.79. The Labute approximate surface area is 157 Å². The topological polar surface area (TPSA) is 43.6 Å². The molecule has 0 aliphatic rings. The predicted molar refractivity (Wildman–Crippen MR) is 106 cm³/mol. The molecule has 0 radical (unpaired) electrons. The van der Waals surface area contributed by atoms with Crippen molar-refractivity contribution in [2.24, 2.45) is 0 Å². The van der Waals surface area contributed by atoms with E-state index in [9.17, 15) is 0 Å². The summed E-state index contributed by atoms with van der Waals surface area (Å²) < 4.78 is 2.24. The van der Waals surface area contributed by atoms with Gasteiger partial charge in [0.05, 0.1) is 5.69 Å². The highest BCUT2D eigenvalue weighted by atomic mass is 32.2. The summed E-state index contributed by atoms with van der Waals surface area (Å²) in [5, 5.41) is 13.0. The van der Waals surface area contributed by atoms with Crippen LogP contribution in [-0.2, 0) is 5.75 Å². The van der Waals surface area contributed by atoms with Gasteiger partial charge in [0.25, 0.3) is 0 Å². The molecule has 0 N–H and O–H groups in total. The summed E-state index contributed by atoms with van der Waals surface area (Å²) >= 11 is 3.41. The minimum Gasteiger partial charge on any atom is -0.303 e. The number of hydrogen-bond acceptors (Lipinski definition) is 5. The van der Waals surface area contributed by atoms with Gasteiger partial charge in [-0.15, -0.1) is 21.5 Å². The van der Waals surface area contributed by atoms with Gasteiger partial charge in [-0.3, -0.25) is 0 Å². The third-order valence-corrected chi connectivity index (χ3v) is 5.81. The van der Waals surface area contributed by atoms with Crippen molar-refractivity contribution >= 4 is 23.1 Å². The molecule has 0 atom stereocenters. The standard InChI is InChI=1S/C19H24N4S2/c1-12(2)17-21-22-19(23(17)13(3)4)25-11-16-10-24-18(20-16)15-8-6-7-14(5)9-15/h6-10,12-13H,11H2,1-5H3. The van der Waals surface area contributed by atoms with E-state index in [2.05, 4.69) is 79.0 Å². The number of thiazole rings is 1. The van der Waals surface area contributed by atoms with E-state index in [1.165, 1.54) is 11.1 Å². The van der Waals surface area contributed by atoms with Gasteiger partial charge in [-0.25, -0.2) is 4.98 Å². The first kappa shape index (κ1) is 18.1. The van der Waals surface area contributed by atoms with Gasteiger partial charge in [-0.1, -0.05) is 49.4 Å². The van der Waals surface area contributed by atoms with E-state index >= 15 is 0 Å². The molecule has 6 heteroatoms. The molecule has 0 spiro atoms. The van der Waals surface area contributed by atoms with Crippen molar-refractivity contribution < 1.29 is 0 Å². The molecule has 2 aromatic heterocycles. The van der Waals surface area contributed by atoms with E-state index < -0.39 is 0 Å². The highest BCUT2D eigenvalue weighted by Crippen LogP contribution is 2.30. The van der Waals surface area contributed by atoms with E-state index in [4.69, 9.17) is 4.98 Å². The molecule has 3 rings (SSSR count). The third kappa shape index (κ3) is 4.12. The van der Waals surface area contributed by atoms with Gasteiger partial charge in [0.2, 0.25) is 0 Å². The molecule has 0 fully saturated rings. The fraction of sp³-hybridized carbons (Fsp3) is 0.421. The zero-order chi connectivity index (χ0) is 18.0. The zero-order valence-corrected chi connectivity index (χ0v) is 17.0. The second-order valence-corrected chi connectivity index (χ2v) is 8.56. The van der Waals surface area contributed by atoms with Gasteiger partial charge in [-0.2, -0.15) is 0 Å². The third-order valence-electron chi connectivity index (χ3n) is 3.89. The van der Waals surface area contributed by atoms with Crippen LogP contribution in [0.25, 0.3) is 10.6 Å². The normalized spacial score (nSPS) is 11.6. The van der Waals surface area contributed by atoms with Crippen molar-refractivity contribution in [2.45, 2.75) is 57.5 Å². The number of hydrogen-bond donors (Lipinski definition) is 0. The molecule has 3 aromatic rings. The van der Waals surface area contributed by atoms with Crippen LogP contribution in [0.15, 0.2) is 34.8 Å². The predicted octanol–water partition coefficient (Wildman–Crippen LogP) is 5.71. The van der Waals surface area contributed by atoms with E-state index in [1.807, 2.05) is 0 Å². The van der Waals surface area contributed by atoms with Gasteiger partial charge in [0.1, 0.15) is 10.8 Å². The first-order valence-electron chi connectivity index (χ1n) is 8.54. The molecule has 0 aliphatic carbocycles. The number of aryl methyl sites for hydroxylation is 1. The number of benzene rings is 1. The summed E-state index contributed by atoms with van der Waals surface area (Å²) in [5.74, 6) is 2.23. The molecule has 0 aliphatic heterocycles. The molecule has 4 nitrogen and oxygen atoms in total. The minimum absolute atomic E-state index is 0.355. The Bertz CT molecular complexity index is 849. The van der Waals surface area contributed by atoms with Gasteiger partial charge < -0.3 is 4.57 Å². The number of nitrogens with zero attached hydrogens (tertiary/aromatic N) is 4. The summed E-state index contributed by atoms with van der Waals surface area (Å²) in [6.07, 6.45) is 0. The van der Waals surface area contributed by atoms with Crippen molar-refractivity contribution in [3.05, 3.63) is 46.7 Å². The Hall–Kier alpha value is -1.66. The maximum atomic E-state index is 4.79. The largest absolute Gasteiger partial charge is 0.303 e. The summed E-state index contributed by atoms with van der Waals surface area (Å²) in [4.78, 5) is 4.79. The average Bonchev–Trinajstić information content (AvgIpc) is 3.20. The van der Waals surface area contributed by atoms with Gasteiger partial charge >= 0.3 is 0 Å². The molecule has 2 heterocycles. The van der Waals surface area contributed by atoms with E-state index in [1.54, 1.807) is 23.1 Å². The summed E-state index contributed by atoms with van der Waals surface area (Å²) in [7, 11) is 0. The monoisotopic (exact) mass is 372 g/mol. The van der Waals surface area contributed by atoms with Crippen LogP contribution in [0.1, 0.15) is 56.7 Å². The molecule has 0 amide bonds. The molecule has 0 saturated carbocycles. The Morgan fingerprint density at radius 3 is 2.64 bits per heavy atom. The van der Waals surface area contributed by atoms with Crippen LogP contribution in [0.3, 0.4) is 0 Å². The molecular formula is C19H24N4S2. The van der Waals surface area contributed by atoms with E-state index in [0.29, 0.717) is 12.0 Å². The second-order valence-electron chi connectivity index (χ2n) is 6.76. The lowest BCUT2D eigenvalue weighted by molar-refractivity contribution is 0.512. The zero-order valence-electron chi connectivity index (χ0n) is 15.4. The molecule has 1 aromatic carbocycles. The highest BCUT2D eigenvalue weighted by Gasteiger charge is 2.18. The molecule has 132 valence electrons. The first-order chi connectivity index (χ1) is 12.0. The highest BCUT2D eigenvalue weighted by molar-refractivity contribution is 7.98. The maximum Gasteiger partial charge on any atom is 0.191 e. The van der Waals surface area contributed by atoms with Crippen LogP contribution in [0.5, 0.6) is 0 Å². The summed E-state index contributed by atoms with van der Waals surface area (Å²) in [6.45, 7) is 10.8. The fourth-order valence-corrected chi connectivity index (χ4v) is 4.58. The van der Waals surface area contributed by atoms with Crippen molar-refractivity contribution in [3.63, 3.8) is 0 Å². The average molecular weight is 373 g/mol. The van der Waals surface area contributed by atoms with Crippen LogP contribution < -0.4 is 0 Å². The van der Waals surface area contributed by atoms with Crippen LogP contribution >= 0.6 is 23.1 Å². The summed E-state index contributed by atoms with van der Waals surface area (Å²) in [5.41, 5.74) is 3.54. The lowest BCUT2D eigenvalue weighted by atomic mass is 10.1. The molecule has 0 saturated heterocycles. The van der Waals surface area contributed by atoms with Crippen molar-refractivity contribution in [2.75, 3.05) is 0 Å². The molecule has 0 bridgehead atoms. The lowest BCUT2D eigenvalue weighted by Crippen LogP contribution is -2.09. The SMILES string of the molecule is Cc1cccc(-c2nc(CSc3nnc(C(C)C)n3C(C)C)cs2)c1. The van der Waals surface area contributed by atoms with Crippen LogP contribution in [0.2, 0.25) is 0 Å². The van der Waals surface area contributed by atoms with Crippen molar-refractivity contribution in [3.8, 4) is 10.6 Å². The Morgan fingerprint density at radius 2 is 1.96 bits per heavy atom. The van der Waals surface area contributed by atoms with Crippen molar-refractivity contribution in [1.82, 2.24) is 19.7 Å². The Balaban J connectivity index is 1.75. The number of aromatic nitrogens is 4. The van der Waals surface area contributed by atoms with Crippen LogP contribution in [0, 0.1) is 6.92 Å². The van der Waals surface area contributed by atoms with Gasteiger partial charge in [0.15, 0.2) is 5.16 Å². The molecule has 0 unspecified atom stereocenters. The Kier molecular flexibility index (Phi) is 5.59. The lowest BCUT2D eigenvalue weighted by Gasteiger charge is -2.15. The second kappa shape index (κ2) is 7.70. The molecule has 25 heavy (non-hydrogen) atoms. The first-order valence-corrected chi connectivity index (χ1v) is 10.4. The quantitative estimate of drug-likeness (QED) is 0.520. The van der Waals surface area contributed by atoms with Crippen LogP contribution in [0.4, 0.5) is 0 Å². The van der Waals surface area contributed by atoms with E-state index in [0.717, 1.165) is 27.4 Å². The molecular weight excluding hydrogens is 348 g/mol. The fourth-order valence-electron chi connectivity index (χ4n) is 2.69. The van der Waals surface area contributed by atoms with E-state index in [-0.39, 0.29) is 0 Å². The number of thioether (sulfide) groups is 1. The van der Waals surface area contributed by atoms with Gasteiger partial charge in [0, 0.05) is 28.7 Å². The van der Waals surface area contributed by atoms with Crippen molar-refractivity contribution in [1.29, 1.82) is 0 Å². The number of rotatable bonds is 6. The van der Waals surface area contributed by atoms with Gasteiger partial charge in [-0.05, 0) is 26.8 Å². The minimum atomic E-state index is 0.355. The smallest absolute Gasteiger partial charge is 0.191 e. The van der Waals surface area contributed by atoms with Crippen LogP contribution in [-0.4, -0.2) is 19.7 Å². The Morgan fingerprint density at radius 1 is 1.16 bits per heavy atom. The summed E-state index contributed by atoms with van der Waals surface area (Å²) in [6, 6.07) is 8.85.